The van der Waals surface area contributed by atoms with Gasteiger partial charge in [-0.2, -0.15) is 0 Å². The third kappa shape index (κ3) is 3.66. The normalized spacial score (nSPS) is 12.7. The van der Waals surface area contributed by atoms with Crippen LogP contribution in [0.25, 0.3) is 17.0 Å². The Balaban J connectivity index is 1.44. The van der Waals surface area contributed by atoms with Gasteiger partial charge in [0.2, 0.25) is 5.91 Å². The van der Waals surface area contributed by atoms with E-state index in [1.54, 1.807) is 31.2 Å². The van der Waals surface area contributed by atoms with Crippen LogP contribution in [0, 0.1) is 12.7 Å². The first kappa shape index (κ1) is 19.7. The standard InChI is InChI=1S/C22H18FN5O4/c1-13-10-19-26-27(22(30)28(19)21(24-13)14-2-4-15(23)5-3-14)12-20(29)25-16-6-7-17-18(11-16)32-9-8-31-17/h2-7,10-11H,8-9,12H2,1H3,(H,25,29). The van der Waals surface area contributed by atoms with E-state index in [0.717, 1.165) is 4.68 Å². The summed E-state index contributed by atoms with van der Waals surface area (Å²) in [7, 11) is 0. The molecular formula is C22H18FN5O4. The summed E-state index contributed by atoms with van der Waals surface area (Å²) in [5, 5.41) is 7.01. The molecule has 2 aromatic carbocycles. The number of rotatable bonds is 4. The number of benzene rings is 2. The van der Waals surface area contributed by atoms with E-state index in [1.165, 1.54) is 28.7 Å². The van der Waals surface area contributed by atoms with Gasteiger partial charge in [0.25, 0.3) is 0 Å². The van der Waals surface area contributed by atoms with Gasteiger partial charge in [-0.05, 0) is 43.3 Å². The molecule has 5 rings (SSSR count). The minimum Gasteiger partial charge on any atom is -0.486 e. The number of ether oxygens (including phenoxy) is 2. The molecule has 1 amide bonds. The maximum absolute atomic E-state index is 13.3. The summed E-state index contributed by atoms with van der Waals surface area (Å²) < 4.78 is 26.7. The number of aromatic nitrogens is 4. The van der Waals surface area contributed by atoms with Gasteiger partial charge in [-0.25, -0.2) is 23.3 Å². The minimum absolute atomic E-state index is 0.295. The number of amides is 1. The smallest absolute Gasteiger partial charge is 0.352 e. The van der Waals surface area contributed by atoms with Crippen molar-refractivity contribution in [2.75, 3.05) is 18.5 Å². The first-order valence-corrected chi connectivity index (χ1v) is 9.90. The van der Waals surface area contributed by atoms with Crippen LogP contribution in [0.2, 0.25) is 0 Å². The zero-order chi connectivity index (χ0) is 22.2. The van der Waals surface area contributed by atoms with Crippen LogP contribution >= 0.6 is 0 Å². The third-order valence-corrected chi connectivity index (χ3v) is 4.92. The second kappa shape index (κ2) is 7.80. The Labute approximate surface area is 181 Å². The summed E-state index contributed by atoms with van der Waals surface area (Å²) in [6.07, 6.45) is 0. The second-order valence-corrected chi connectivity index (χ2v) is 7.27. The topological polar surface area (TPSA) is 99.8 Å². The summed E-state index contributed by atoms with van der Waals surface area (Å²) in [5.74, 6) is 0.659. The summed E-state index contributed by atoms with van der Waals surface area (Å²) in [6, 6.07) is 12.4. The fourth-order valence-electron chi connectivity index (χ4n) is 3.51. The van der Waals surface area contributed by atoms with E-state index in [-0.39, 0.29) is 6.54 Å². The average Bonchev–Trinajstić information content (AvgIpc) is 3.08. The van der Waals surface area contributed by atoms with Crippen LogP contribution in [-0.4, -0.2) is 38.3 Å². The molecule has 0 aliphatic carbocycles. The number of hydrogen-bond donors (Lipinski definition) is 1. The Morgan fingerprint density at radius 2 is 1.84 bits per heavy atom. The molecule has 0 saturated heterocycles. The number of fused-ring (bicyclic) bond motifs is 2. The number of hydrogen-bond acceptors (Lipinski definition) is 6. The number of aryl methyl sites for hydroxylation is 1. The molecule has 0 saturated carbocycles. The number of carbonyl (C=O) groups excluding carboxylic acids is 1. The van der Waals surface area contributed by atoms with E-state index in [4.69, 9.17) is 9.47 Å². The summed E-state index contributed by atoms with van der Waals surface area (Å²) in [5.41, 5.74) is 1.52. The van der Waals surface area contributed by atoms with Gasteiger partial charge in [0.1, 0.15) is 31.4 Å². The largest absolute Gasteiger partial charge is 0.486 e. The molecule has 0 spiro atoms. The molecule has 9 nitrogen and oxygen atoms in total. The lowest BCUT2D eigenvalue weighted by molar-refractivity contribution is -0.117. The van der Waals surface area contributed by atoms with Gasteiger partial charge in [-0.1, -0.05) is 0 Å². The maximum atomic E-state index is 13.3. The lowest BCUT2D eigenvalue weighted by Crippen LogP contribution is -2.28. The molecule has 4 aromatic rings. The highest BCUT2D eigenvalue weighted by Gasteiger charge is 2.17. The van der Waals surface area contributed by atoms with Crippen molar-refractivity contribution in [3.63, 3.8) is 0 Å². The van der Waals surface area contributed by atoms with Gasteiger partial charge >= 0.3 is 5.69 Å². The van der Waals surface area contributed by atoms with Crippen LogP contribution < -0.4 is 20.5 Å². The van der Waals surface area contributed by atoms with Crippen LogP contribution in [0.15, 0.2) is 53.3 Å². The molecule has 162 valence electrons. The second-order valence-electron chi connectivity index (χ2n) is 7.27. The summed E-state index contributed by atoms with van der Waals surface area (Å²) in [4.78, 5) is 30.0. The van der Waals surface area contributed by atoms with Crippen LogP contribution in [0.5, 0.6) is 11.5 Å². The van der Waals surface area contributed by atoms with Crippen molar-refractivity contribution in [1.82, 2.24) is 19.2 Å². The highest BCUT2D eigenvalue weighted by Crippen LogP contribution is 2.32. The van der Waals surface area contributed by atoms with Gasteiger partial charge in [-0.3, -0.25) is 4.79 Å². The average molecular weight is 435 g/mol. The molecule has 0 atom stereocenters. The lowest BCUT2D eigenvalue weighted by Gasteiger charge is -2.18. The number of carbonyl (C=O) groups is 1. The zero-order valence-corrected chi connectivity index (χ0v) is 17.0. The Morgan fingerprint density at radius 1 is 1.09 bits per heavy atom. The molecule has 10 heteroatoms. The molecule has 0 unspecified atom stereocenters. The fourth-order valence-corrected chi connectivity index (χ4v) is 3.51. The molecule has 0 bridgehead atoms. The summed E-state index contributed by atoms with van der Waals surface area (Å²) >= 11 is 0. The number of anilines is 1. The van der Waals surface area contributed by atoms with Crippen LogP contribution in [0.3, 0.4) is 0 Å². The third-order valence-electron chi connectivity index (χ3n) is 4.92. The highest BCUT2D eigenvalue weighted by molar-refractivity contribution is 5.90. The molecular weight excluding hydrogens is 417 g/mol. The maximum Gasteiger partial charge on any atom is 0.352 e. The van der Waals surface area contributed by atoms with Crippen molar-refractivity contribution in [3.8, 4) is 22.9 Å². The molecule has 3 heterocycles. The van der Waals surface area contributed by atoms with Gasteiger partial charge in [-0.15, -0.1) is 5.10 Å². The molecule has 2 aromatic heterocycles. The molecule has 0 fully saturated rings. The van der Waals surface area contributed by atoms with E-state index < -0.39 is 17.4 Å². The van der Waals surface area contributed by atoms with Crippen LogP contribution in [0.4, 0.5) is 10.1 Å². The Kier molecular flexibility index (Phi) is 4.81. The lowest BCUT2D eigenvalue weighted by atomic mass is 10.2. The van der Waals surface area contributed by atoms with Crippen molar-refractivity contribution >= 4 is 17.2 Å². The molecule has 1 aliphatic heterocycles. The molecule has 32 heavy (non-hydrogen) atoms. The van der Waals surface area contributed by atoms with Gasteiger partial charge in [0.15, 0.2) is 17.1 Å². The first-order valence-electron chi connectivity index (χ1n) is 9.90. The highest BCUT2D eigenvalue weighted by atomic mass is 19.1. The number of nitrogens with zero attached hydrogens (tertiary/aromatic N) is 4. The van der Waals surface area contributed by atoms with E-state index in [1.807, 2.05) is 0 Å². The van der Waals surface area contributed by atoms with E-state index in [9.17, 15) is 14.0 Å². The zero-order valence-electron chi connectivity index (χ0n) is 17.0. The van der Waals surface area contributed by atoms with Crippen molar-refractivity contribution < 1.29 is 18.7 Å². The first-order chi connectivity index (χ1) is 15.5. The van der Waals surface area contributed by atoms with Crippen LogP contribution in [-0.2, 0) is 11.3 Å². The monoisotopic (exact) mass is 435 g/mol. The Hall–Kier alpha value is -4.21. The Morgan fingerprint density at radius 3 is 2.62 bits per heavy atom. The van der Waals surface area contributed by atoms with E-state index in [2.05, 4.69) is 15.4 Å². The quantitative estimate of drug-likeness (QED) is 0.529. The van der Waals surface area contributed by atoms with Crippen LogP contribution in [0.1, 0.15) is 5.69 Å². The molecule has 1 aliphatic rings. The number of nitrogens with one attached hydrogen (secondary N) is 1. The Bertz CT molecular complexity index is 1390. The molecule has 0 radical (unpaired) electrons. The van der Waals surface area contributed by atoms with Gasteiger partial charge < -0.3 is 14.8 Å². The van der Waals surface area contributed by atoms with Gasteiger partial charge in [0, 0.05) is 29.1 Å². The molecule has 1 N–H and O–H groups in total. The predicted molar refractivity (Wildman–Crippen MR) is 113 cm³/mol. The minimum atomic E-state index is -0.524. The van der Waals surface area contributed by atoms with Crippen molar-refractivity contribution in [1.29, 1.82) is 0 Å². The SMILES string of the molecule is Cc1cc2nn(CC(=O)Nc3ccc4c(c3)OCCO4)c(=O)n2c(-c2ccc(F)cc2)n1. The summed E-state index contributed by atoms with van der Waals surface area (Å²) in [6.45, 7) is 2.39. The fraction of sp³-hybridized carbons (Fsp3) is 0.182. The predicted octanol–water partition coefficient (Wildman–Crippen LogP) is 2.42. The van der Waals surface area contributed by atoms with Crippen molar-refractivity contribution in [2.45, 2.75) is 13.5 Å². The van der Waals surface area contributed by atoms with E-state index in [0.29, 0.717) is 53.1 Å². The van der Waals surface area contributed by atoms with Crippen molar-refractivity contribution in [2.24, 2.45) is 0 Å². The van der Waals surface area contributed by atoms with Crippen molar-refractivity contribution in [3.05, 3.63) is 70.5 Å². The number of halogens is 1. The van der Waals surface area contributed by atoms with E-state index >= 15 is 0 Å². The van der Waals surface area contributed by atoms with Gasteiger partial charge in [0.05, 0.1) is 0 Å².